The number of nitrogens with zero attached hydrogens (tertiary/aromatic N) is 3. The molecule has 7 nitrogen and oxygen atoms in total. The van der Waals surface area contributed by atoms with Gasteiger partial charge in [-0.2, -0.15) is 11.8 Å². The van der Waals surface area contributed by atoms with Gasteiger partial charge in [-0.3, -0.25) is 14.8 Å². The van der Waals surface area contributed by atoms with Gasteiger partial charge < -0.3 is 15.0 Å². The number of nitrogens with one attached hydrogen (secondary N) is 2. The Bertz CT molecular complexity index is 1020. The van der Waals surface area contributed by atoms with E-state index >= 15 is 0 Å². The molecule has 0 saturated heterocycles. The van der Waals surface area contributed by atoms with E-state index in [1.165, 1.54) is 11.1 Å². The molecular weight excluding hydrogens is 410 g/mol. The molecule has 0 atom stereocenters. The number of aromatic nitrogens is 3. The summed E-state index contributed by atoms with van der Waals surface area (Å²) in [6, 6.07) is 10.2. The summed E-state index contributed by atoms with van der Waals surface area (Å²) in [7, 11) is 5.83. The van der Waals surface area contributed by atoms with E-state index in [4.69, 9.17) is 4.74 Å². The highest BCUT2D eigenvalue weighted by Gasteiger charge is 2.07. The van der Waals surface area contributed by atoms with Crippen LogP contribution in [0.4, 0.5) is 5.95 Å². The Morgan fingerprint density at radius 1 is 1.16 bits per heavy atom. The van der Waals surface area contributed by atoms with Crippen LogP contribution in [0.3, 0.4) is 0 Å². The van der Waals surface area contributed by atoms with Gasteiger partial charge >= 0.3 is 0 Å². The molecule has 0 aliphatic heterocycles. The Morgan fingerprint density at radius 3 is 2.74 bits per heavy atom. The lowest BCUT2D eigenvalue weighted by atomic mass is 10.1. The molecule has 3 rings (SSSR count). The zero-order chi connectivity index (χ0) is 22.1. The SMILES string of the molecule is COc1ccc(CN(C)C)cc1CSCCNc1ncc(Cc2cccnc2)c(=O)[nH]1. The minimum absolute atomic E-state index is 0.128. The predicted molar refractivity (Wildman–Crippen MR) is 127 cm³/mol. The fourth-order valence-electron chi connectivity index (χ4n) is 3.19. The lowest BCUT2D eigenvalue weighted by molar-refractivity contribution is 0.398. The number of hydrogen-bond donors (Lipinski definition) is 2. The van der Waals surface area contributed by atoms with E-state index in [0.29, 0.717) is 24.5 Å². The number of methoxy groups -OCH3 is 1. The Morgan fingerprint density at radius 2 is 2.03 bits per heavy atom. The van der Waals surface area contributed by atoms with Gasteiger partial charge in [-0.05, 0) is 43.4 Å². The van der Waals surface area contributed by atoms with Crippen molar-refractivity contribution in [1.82, 2.24) is 19.9 Å². The third-order valence-corrected chi connectivity index (χ3v) is 5.64. The van der Waals surface area contributed by atoms with Crippen molar-refractivity contribution in [2.45, 2.75) is 18.7 Å². The number of H-pyrrole nitrogens is 1. The van der Waals surface area contributed by atoms with E-state index in [2.05, 4.69) is 51.4 Å². The third kappa shape index (κ3) is 7.11. The van der Waals surface area contributed by atoms with Crippen molar-refractivity contribution >= 4 is 17.7 Å². The summed E-state index contributed by atoms with van der Waals surface area (Å²) in [4.78, 5) is 25.7. The topological polar surface area (TPSA) is 83.1 Å². The van der Waals surface area contributed by atoms with Crippen LogP contribution >= 0.6 is 11.8 Å². The number of ether oxygens (including phenoxy) is 1. The van der Waals surface area contributed by atoms with Gasteiger partial charge in [0.1, 0.15) is 5.75 Å². The molecule has 0 radical (unpaired) electrons. The first kappa shape index (κ1) is 22.8. The molecule has 1 aromatic carbocycles. The highest BCUT2D eigenvalue weighted by Crippen LogP contribution is 2.25. The van der Waals surface area contributed by atoms with Gasteiger partial charge in [0.15, 0.2) is 0 Å². The normalized spacial score (nSPS) is 11.0. The summed E-state index contributed by atoms with van der Waals surface area (Å²) in [5.74, 6) is 3.15. The first-order valence-corrected chi connectivity index (χ1v) is 11.3. The van der Waals surface area contributed by atoms with E-state index in [1.807, 2.05) is 30.0 Å². The first-order valence-electron chi connectivity index (χ1n) is 10.1. The number of rotatable bonds is 11. The Hall–Kier alpha value is -2.84. The molecular formula is C23H29N5O2S. The van der Waals surface area contributed by atoms with Crippen molar-refractivity contribution in [1.29, 1.82) is 0 Å². The van der Waals surface area contributed by atoms with Crippen molar-refractivity contribution in [3.8, 4) is 5.75 Å². The molecule has 0 bridgehead atoms. The van der Waals surface area contributed by atoms with Gasteiger partial charge in [-0.15, -0.1) is 0 Å². The first-order chi connectivity index (χ1) is 15.0. The molecule has 0 aliphatic carbocycles. The van der Waals surface area contributed by atoms with Gasteiger partial charge in [0, 0.05) is 60.7 Å². The molecule has 0 fully saturated rings. The fourth-order valence-corrected chi connectivity index (χ4v) is 4.03. The van der Waals surface area contributed by atoms with Gasteiger partial charge in [0.25, 0.3) is 5.56 Å². The van der Waals surface area contributed by atoms with Crippen LogP contribution in [0.2, 0.25) is 0 Å². The van der Waals surface area contributed by atoms with Gasteiger partial charge in [-0.25, -0.2) is 4.98 Å². The molecule has 0 aliphatic rings. The smallest absolute Gasteiger partial charge is 0.255 e. The van der Waals surface area contributed by atoms with Crippen LogP contribution in [-0.4, -0.2) is 53.4 Å². The van der Waals surface area contributed by atoms with Gasteiger partial charge in [0.2, 0.25) is 5.95 Å². The van der Waals surface area contributed by atoms with Crippen LogP contribution in [-0.2, 0) is 18.7 Å². The molecule has 31 heavy (non-hydrogen) atoms. The number of hydrogen-bond acceptors (Lipinski definition) is 7. The molecule has 0 amide bonds. The minimum Gasteiger partial charge on any atom is -0.496 e. The molecule has 8 heteroatoms. The van der Waals surface area contributed by atoms with Crippen molar-refractivity contribution in [2.75, 3.05) is 38.8 Å². The van der Waals surface area contributed by atoms with Crippen LogP contribution in [0.5, 0.6) is 5.75 Å². The summed E-state index contributed by atoms with van der Waals surface area (Å²) < 4.78 is 5.50. The number of anilines is 1. The lowest BCUT2D eigenvalue weighted by Gasteiger charge is -2.14. The van der Waals surface area contributed by atoms with Gasteiger partial charge in [-0.1, -0.05) is 12.1 Å². The average Bonchev–Trinajstić information content (AvgIpc) is 2.76. The second-order valence-electron chi connectivity index (χ2n) is 7.49. The third-order valence-electron chi connectivity index (χ3n) is 4.63. The zero-order valence-electron chi connectivity index (χ0n) is 18.2. The fraction of sp³-hybridized carbons (Fsp3) is 0.348. The predicted octanol–water partition coefficient (Wildman–Crippen LogP) is 3.17. The molecule has 0 unspecified atom stereocenters. The van der Waals surface area contributed by atoms with Crippen LogP contribution in [0.1, 0.15) is 22.3 Å². The van der Waals surface area contributed by atoms with E-state index in [9.17, 15) is 4.79 Å². The Labute approximate surface area is 187 Å². The number of aromatic amines is 1. The summed E-state index contributed by atoms with van der Waals surface area (Å²) in [5, 5.41) is 3.19. The second-order valence-corrected chi connectivity index (χ2v) is 8.59. The molecule has 3 aromatic rings. The average molecular weight is 440 g/mol. The van der Waals surface area contributed by atoms with E-state index in [1.54, 1.807) is 25.7 Å². The summed E-state index contributed by atoms with van der Waals surface area (Å²) in [6.45, 7) is 1.61. The van der Waals surface area contributed by atoms with E-state index in [0.717, 1.165) is 29.4 Å². The molecule has 2 aromatic heterocycles. The summed E-state index contributed by atoms with van der Waals surface area (Å²) in [6.07, 6.45) is 5.62. The standard InChI is InChI=1S/C23H29N5O2S/c1-28(2)15-18-6-7-21(30-3)20(12-18)16-31-10-9-25-23-26-14-19(22(29)27-23)11-17-5-4-8-24-13-17/h4-8,12-14H,9-11,15-16H2,1-3H3,(H2,25,26,27,29). The minimum atomic E-state index is -0.128. The van der Waals surface area contributed by atoms with Crippen LogP contribution < -0.4 is 15.6 Å². The maximum Gasteiger partial charge on any atom is 0.255 e. The molecule has 0 saturated carbocycles. The summed E-state index contributed by atoms with van der Waals surface area (Å²) in [5.41, 5.74) is 3.94. The summed E-state index contributed by atoms with van der Waals surface area (Å²) >= 11 is 1.81. The van der Waals surface area contributed by atoms with Crippen LogP contribution in [0.15, 0.2) is 53.7 Å². The van der Waals surface area contributed by atoms with E-state index < -0.39 is 0 Å². The van der Waals surface area contributed by atoms with Crippen LogP contribution in [0, 0.1) is 0 Å². The molecule has 164 valence electrons. The monoisotopic (exact) mass is 439 g/mol. The zero-order valence-corrected chi connectivity index (χ0v) is 19.0. The van der Waals surface area contributed by atoms with E-state index in [-0.39, 0.29) is 5.56 Å². The van der Waals surface area contributed by atoms with Crippen molar-refractivity contribution in [3.05, 3.63) is 81.5 Å². The number of pyridine rings is 1. The molecule has 0 spiro atoms. The molecule has 2 N–H and O–H groups in total. The Balaban J connectivity index is 1.48. The quantitative estimate of drug-likeness (QED) is 0.444. The van der Waals surface area contributed by atoms with Crippen LogP contribution in [0.25, 0.3) is 0 Å². The maximum absolute atomic E-state index is 12.3. The second kappa shape index (κ2) is 11.5. The highest BCUT2D eigenvalue weighted by molar-refractivity contribution is 7.98. The maximum atomic E-state index is 12.3. The Kier molecular flexibility index (Phi) is 8.49. The van der Waals surface area contributed by atoms with Gasteiger partial charge in [0.05, 0.1) is 7.11 Å². The largest absolute Gasteiger partial charge is 0.496 e. The van der Waals surface area contributed by atoms with Crippen molar-refractivity contribution in [3.63, 3.8) is 0 Å². The molecule has 2 heterocycles. The highest BCUT2D eigenvalue weighted by atomic mass is 32.2. The van der Waals surface area contributed by atoms with Crippen molar-refractivity contribution in [2.24, 2.45) is 0 Å². The van der Waals surface area contributed by atoms with Crippen molar-refractivity contribution < 1.29 is 4.74 Å². The lowest BCUT2D eigenvalue weighted by Crippen LogP contribution is -2.18. The number of benzene rings is 1. The number of thioether (sulfide) groups is 1.